The van der Waals surface area contributed by atoms with Crippen molar-refractivity contribution in [2.24, 2.45) is 5.92 Å². The number of fused-ring (bicyclic) bond motifs is 1. The number of carbonyl (C=O) groups is 1. The lowest BCUT2D eigenvalue weighted by molar-refractivity contribution is 0.0982. The lowest BCUT2D eigenvalue weighted by Gasteiger charge is -2.29. The Labute approximate surface area is 210 Å². The van der Waals surface area contributed by atoms with E-state index in [4.69, 9.17) is 4.74 Å². The highest BCUT2D eigenvalue weighted by Gasteiger charge is 2.33. The van der Waals surface area contributed by atoms with Gasteiger partial charge in [-0.15, -0.1) is 0 Å². The van der Waals surface area contributed by atoms with Gasteiger partial charge in [0.25, 0.3) is 5.91 Å². The second kappa shape index (κ2) is 9.06. The normalized spacial score (nSPS) is 18.6. The smallest absolute Gasteiger partial charge is 0.268 e. The first-order valence-corrected chi connectivity index (χ1v) is 13.7. The quantitative estimate of drug-likeness (QED) is 0.500. The minimum Gasteiger partial charge on any atom is -0.493 e. The summed E-state index contributed by atoms with van der Waals surface area (Å²) in [6, 6.07) is 8.34. The van der Waals surface area contributed by atoms with Gasteiger partial charge in [0.2, 0.25) is 10.0 Å². The molecule has 2 fully saturated rings. The van der Waals surface area contributed by atoms with Crippen LogP contribution >= 0.6 is 0 Å². The molecule has 1 saturated heterocycles. The van der Waals surface area contributed by atoms with Crippen molar-refractivity contribution in [3.63, 3.8) is 0 Å². The van der Waals surface area contributed by atoms with Crippen molar-refractivity contribution in [1.82, 2.24) is 14.3 Å². The van der Waals surface area contributed by atoms with Gasteiger partial charge in [0.05, 0.1) is 34.7 Å². The van der Waals surface area contributed by atoms with Crippen LogP contribution in [0.2, 0.25) is 0 Å². The number of carbonyl (C=O) groups excluding carboxylic acids is 1. The average Bonchev–Trinajstić information content (AvgIpc) is 3.34. The molecular weight excluding hydrogens is 483 g/mol. The SMILES string of the molecule is CC(C)(C)S(=O)(=O)NC(=O)c1cnn2ccc(N3CCCC3c3cc(F)ccc3OCC3CC3)cc12. The van der Waals surface area contributed by atoms with Crippen LogP contribution in [0.25, 0.3) is 5.52 Å². The third-order valence-corrected chi connectivity index (χ3v) is 8.94. The van der Waals surface area contributed by atoms with Crippen LogP contribution in [0.5, 0.6) is 5.75 Å². The maximum Gasteiger partial charge on any atom is 0.268 e. The Kier molecular flexibility index (Phi) is 6.18. The first-order chi connectivity index (χ1) is 17.0. The van der Waals surface area contributed by atoms with Crippen LogP contribution in [-0.2, 0) is 10.0 Å². The molecule has 3 heterocycles. The van der Waals surface area contributed by atoms with E-state index < -0.39 is 20.7 Å². The molecule has 1 N–H and O–H groups in total. The average molecular weight is 515 g/mol. The van der Waals surface area contributed by atoms with Gasteiger partial charge in [-0.3, -0.25) is 4.79 Å². The van der Waals surface area contributed by atoms with E-state index in [1.54, 1.807) is 22.8 Å². The van der Waals surface area contributed by atoms with Crippen molar-refractivity contribution in [3.8, 4) is 5.75 Å². The summed E-state index contributed by atoms with van der Waals surface area (Å²) >= 11 is 0. The van der Waals surface area contributed by atoms with E-state index in [9.17, 15) is 17.6 Å². The Balaban J connectivity index is 1.46. The number of ether oxygens (including phenoxy) is 1. The molecule has 1 aromatic carbocycles. The van der Waals surface area contributed by atoms with Crippen LogP contribution in [-0.4, -0.2) is 41.8 Å². The molecule has 3 aromatic rings. The van der Waals surface area contributed by atoms with E-state index in [2.05, 4.69) is 14.7 Å². The van der Waals surface area contributed by atoms with E-state index in [1.807, 2.05) is 12.1 Å². The molecule has 5 rings (SSSR count). The van der Waals surface area contributed by atoms with Crippen molar-refractivity contribution >= 4 is 27.1 Å². The Hall–Kier alpha value is -3.14. The van der Waals surface area contributed by atoms with Crippen molar-refractivity contribution in [2.45, 2.75) is 57.2 Å². The van der Waals surface area contributed by atoms with Gasteiger partial charge in [-0.05, 0) is 82.7 Å². The fraction of sp³-hybridized carbons (Fsp3) is 0.462. The number of anilines is 1. The summed E-state index contributed by atoms with van der Waals surface area (Å²) in [5.74, 6) is 0.258. The maximum absolute atomic E-state index is 14.3. The summed E-state index contributed by atoms with van der Waals surface area (Å²) in [6.45, 7) is 5.98. The van der Waals surface area contributed by atoms with Crippen LogP contribution in [0.1, 0.15) is 68.4 Å². The summed E-state index contributed by atoms with van der Waals surface area (Å²) in [6.07, 6.45) is 7.21. The van der Waals surface area contributed by atoms with Gasteiger partial charge in [0.1, 0.15) is 11.6 Å². The molecule has 0 radical (unpaired) electrons. The minimum atomic E-state index is -3.87. The number of hydrogen-bond donors (Lipinski definition) is 1. The largest absolute Gasteiger partial charge is 0.493 e. The van der Waals surface area contributed by atoms with Gasteiger partial charge in [-0.1, -0.05) is 0 Å². The summed E-state index contributed by atoms with van der Waals surface area (Å²) in [4.78, 5) is 15.1. The minimum absolute atomic E-state index is 0.0844. The van der Waals surface area contributed by atoms with E-state index in [0.717, 1.165) is 30.6 Å². The van der Waals surface area contributed by atoms with Crippen LogP contribution in [0.15, 0.2) is 42.7 Å². The summed E-state index contributed by atoms with van der Waals surface area (Å²) in [5, 5.41) is 4.22. The van der Waals surface area contributed by atoms with Gasteiger partial charge in [0.15, 0.2) is 0 Å². The van der Waals surface area contributed by atoms with Gasteiger partial charge >= 0.3 is 0 Å². The first kappa shape index (κ1) is 24.5. The molecule has 1 aliphatic heterocycles. The van der Waals surface area contributed by atoms with Crippen molar-refractivity contribution in [1.29, 1.82) is 0 Å². The number of halogens is 1. The third kappa shape index (κ3) is 4.78. The highest BCUT2D eigenvalue weighted by atomic mass is 32.2. The molecule has 1 atom stereocenters. The van der Waals surface area contributed by atoms with E-state index in [1.165, 1.54) is 45.9 Å². The standard InChI is InChI=1S/C26H31FN4O4S/c1-26(2,3)36(33,34)29-25(32)21-15-28-31-12-10-19(14-23(21)31)30-11-4-5-22(30)20-13-18(27)8-9-24(20)35-16-17-6-7-17/h8-10,12-15,17,22H,4-7,11,16H2,1-3H3,(H,29,32). The van der Waals surface area contributed by atoms with Gasteiger partial charge in [-0.2, -0.15) is 5.10 Å². The molecule has 8 nitrogen and oxygen atoms in total. The van der Waals surface area contributed by atoms with E-state index in [-0.39, 0.29) is 17.4 Å². The maximum atomic E-state index is 14.3. The molecule has 2 aromatic heterocycles. The second-order valence-corrected chi connectivity index (χ2v) is 13.0. The molecule has 0 bridgehead atoms. The molecule has 36 heavy (non-hydrogen) atoms. The monoisotopic (exact) mass is 514 g/mol. The highest BCUT2D eigenvalue weighted by Crippen LogP contribution is 2.41. The van der Waals surface area contributed by atoms with E-state index in [0.29, 0.717) is 23.8 Å². The molecule has 0 spiro atoms. The zero-order valence-electron chi connectivity index (χ0n) is 20.7. The first-order valence-electron chi connectivity index (χ1n) is 12.3. The molecule has 1 unspecified atom stereocenters. The molecule has 1 saturated carbocycles. The summed E-state index contributed by atoms with van der Waals surface area (Å²) < 4.78 is 48.0. The van der Waals surface area contributed by atoms with Gasteiger partial charge < -0.3 is 9.64 Å². The zero-order chi connectivity index (χ0) is 25.7. The number of amides is 1. The van der Waals surface area contributed by atoms with Crippen LogP contribution in [0, 0.1) is 11.7 Å². The van der Waals surface area contributed by atoms with Crippen LogP contribution < -0.4 is 14.4 Å². The van der Waals surface area contributed by atoms with E-state index >= 15 is 0 Å². The number of sulfonamides is 1. The predicted molar refractivity (Wildman–Crippen MR) is 135 cm³/mol. The Morgan fingerprint density at radius 2 is 1.97 bits per heavy atom. The molecule has 1 amide bonds. The molecule has 1 aliphatic carbocycles. The Bertz CT molecular complexity index is 1410. The lowest BCUT2D eigenvalue weighted by atomic mass is 10.0. The van der Waals surface area contributed by atoms with Crippen LogP contribution in [0.3, 0.4) is 0 Å². The summed E-state index contributed by atoms with van der Waals surface area (Å²) in [5.41, 5.74) is 2.32. The number of rotatable bonds is 7. The molecule has 10 heteroatoms. The van der Waals surface area contributed by atoms with Crippen molar-refractivity contribution in [2.75, 3.05) is 18.1 Å². The Morgan fingerprint density at radius 1 is 1.19 bits per heavy atom. The predicted octanol–water partition coefficient (Wildman–Crippen LogP) is 4.46. The third-order valence-electron chi connectivity index (χ3n) is 6.87. The fourth-order valence-electron chi connectivity index (χ4n) is 4.46. The topological polar surface area (TPSA) is 93.0 Å². The van der Waals surface area contributed by atoms with Gasteiger partial charge in [0, 0.05) is 24.0 Å². The number of aromatic nitrogens is 2. The summed E-state index contributed by atoms with van der Waals surface area (Å²) in [7, 11) is -3.87. The fourth-order valence-corrected chi connectivity index (χ4v) is 5.12. The number of pyridine rings is 1. The molecular formula is C26H31FN4O4S. The highest BCUT2D eigenvalue weighted by molar-refractivity contribution is 7.91. The number of hydrogen-bond acceptors (Lipinski definition) is 6. The lowest BCUT2D eigenvalue weighted by Crippen LogP contribution is -2.42. The van der Waals surface area contributed by atoms with Crippen molar-refractivity contribution < 1.29 is 22.3 Å². The number of nitrogens with zero attached hydrogens (tertiary/aromatic N) is 3. The second-order valence-electron chi connectivity index (χ2n) is 10.6. The van der Waals surface area contributed by atoms with Crippen molar-refractivity contribution in [3.05, 3.63) is 59.7 Å². The Morgan fingerprint density at radius 3 is 2.69 bits per heavy atom. The number of benzene rings is 1. The van der Waals surface area contributed by atoms with Crippen LogP contribution in [0.4, 0.5) is 10.1 Å². The molecule has 192 valence electrons. The number of nitrogens with one attached hydrogen (secondary N) is 1. The zero-order valence-corrected chi connectivity index (χ0v) is 21.5. The molecule has 2 aliphatic rings. The van der Waals surface area contributed by atoms with Gasteiger partial charge in [-0.25, -0.2) is 22.0 Å².